The summed E-state index contributed by atoms with van der Waals surface area (Å²) < 4.78 is 12.8. The van der Waals surface area contributed by atoms with Crippen molar-refractivity contribution >= 4 is 40.5 Å². The zero-order chi connectivity index (χ0) is 16.8. The number of carbonyl (C=O) groups excluding carboxylic acids is 1. The van der Waals surface area contributed by atoms with Crippen LogP contribution in [0.4, 0.5) is 15.8 Å². The molecule has 0 aliphatic heterocycles. The maximum atomic E-state index is 12.8. The van der Waals surface area contributed by atoms with Gasteiger partial charge in [0.1, 0.15) is 17.5 Å². The predicted octanol–water partition coefficient (Wildman–Crippen LogP) is 4.59. The second-order valence-electron chi connectivity index (χ2n) is 4.40. The molecule has 0 heterocycles. The third kappa shape index (κ3) is 4.71. The lowest BCUT2D eigenvalue weighted by Crippen LogP contribution is -2.14. The minimum Gasteiger partial charge on any atom is -0.360 e. The van der Waals surface area contributed by atoms with Crippen LogP contribution in [0, 0.1) is 17.1 Å². The van der Waals surface area contributed by atoms with Crippen LogP contribution in [0.1, 0.15) is 0 Å². The van der Waals surface area contributed by atoms with Crippen molar-refractivity contribution in [2.45, 2.75) is 0 Å². The van der Waals surface area contributed by atoms with Gasteiger partial charge >= 0.3 is 0 Å². The van der Waals surface area contributed by atoms with Gasteiger partial charge in [0.05, 0.1) is 10.7 Å². The van der Waals surface area contributed by atoms with E-state index in [1.54, 1.807) is 12.1 Å². The third-order valence-corrected chi connectivity index (χ3v) is 3.33. The highest BCUT2D eigenvalue weighted by atomic mass is 35.5. The predicted molar refractivity (Wildman–Crippen MR) is 88.8 cm³/mol. The lowest BCUT2D eigenvalue weighted by molar-refractivity contribution is -0.112. The average Bonchev–Trinajstić information content (AvgIpc) is 2.53. The van der Waals surface area contributed by atoms with E-state index in [0.717, 1.165) is 0 Å². The number of benzene rings is 2. The molecule has 7 heteroatoms. The van der Waals surface area contributed by atoms with Gasteiger partial charge in [0.2, 0.25) is 0 Å². The van der Waals surface area contributed by atoms with E-state index < -0.39 is 5.91 Å². The van der Waals surface area contributed by atoms with Crippen molar-refractivity contribution in [3.05, 3.63) is 70.1 Å². The number of amides is 1. The number of nitrogens with one attached hydrogen (secondary N) is 2. The average molecular weight is 350 g/mol. The van der Waals surface area contributed by atoms with Gasteiger partial charge in [0, 0.05) is 16.9 Å². The van der Waals surface area contributed by atoms with Crippen LogP contribution in [0.3, 0.4) is 0 Å². The molecule has 2 aromatic rings. The summed E-state index contributed by atoms with van der Waals surface area (Å²) in [5, 5.41) is 15.0. The van der Waals surface area contributed by atoms with Gasteiger partial charge in [-0.05, 0) is 42.5 Å². The molecule has 0 unspecified atom stereocenters. The van der Waals surface area contributed by atoms with Crippen molar-refractivity contribution in [2.75, 3.05) is 10.6 Å². The second kappa shape index (κ2) is 7.63. The molecular weight excluding hydrogens is 340 g/mol. The maximum absolute atomic E-state index is 12.8. The minimum atomic E-state index is -0.647. The Balaban J connectivity index is 2.12. The van der Waals surface area contributed by atoms with Gasteiger partial charge in [0.15, 0.2) is 0 Å². The molecule has 0 bridgehead atoms. The number of hydrogen-bond donors (Lipinski definition) is 2. The molecule has 0 spiro atoms. The van der Waals surface area contributed by atoms with E-state index in [1.165, 1.54) is 42.6 Å². The molecule has 2 rings (SSSR count). The van der Waals surface area contributed by atoms with Crippen LogP contribution in [0.2, 0.25) is 10.0 Å². The topological polar surface area (TPSA) is 64.9 Å². The smallest absolute Gasteiger partial charge is 0.267 e. The van der Waals surface area contributed by atoms with Crippen LogP contribution >= 0.6 is 23.2 Å². The normalized spacial score (nSPS) is 10.8. The lowest BCUT2D eigenvalue weighted by atomic mass is 10.2. The molecule has 1 amide bonds. The highest BCUT2D eigenvalue weighted by Crippen LogP contribution is 2.25. The Morgan fingerprint density at radius 2 is 1.87 bits per heavy atom. The van der Waals surface area contributed by atoms with E-state index in [4.69, 9.17) is 28.5 Å². The van der Waals surface area contributed by atoms with Gasteiger partial charge in [-0.3, -0.25) is 4.79 Å². The summed E-state index contributed by atoms with van der Waals surface area (Å²) in [6, 6.07) is 11.8. The fourth-order valence-corrected chi connectivity index (χ4v) is 1.97. The fourth-order valence-electron chi connectivity index (χ4n) is 1.63. The number of rotatable bonds is 4. The van der Waals surface area contributed by atoms with E-state index in [1.807, 2.05) is 0 Å². The molecular formula is C16H10Cl2FN3O. The van der Waals surface area contributed by atoms with Crippen molar-refractivity contribution in [2.24, 2.45) is 0 Å². The van der Waals surface area contributed by atoms with Gasteiger partial charge in [-0.25, -0.2) is 4.39 Å². The molecule has 0 saturated heterocycles. The standard InChI is InChI=1S/C16H10Cl2FN3O/c17-11-1-6-14(18)15(7-11)22-16(23)10(8-20)9-21-13-4-2-12(19)3-5-13/h1-7,9,21H,(H,22,23)/b10-9-. The molecule has 0 radical (unpaired) electrons. The number of halogens is 3. The molecule has 0 aliphatic carbocycles. The molecule has 0 saturated carbocycles. The molecule has 116 valence electrons. The van der Waals surface area contributed by atoms with Gasteiger partial charge < -0.3 is 10.6 Å². The van der Waals surface area contributed by atoms with Crippen molar-refractivity contribution < 1.29 is 9.18 Å². The molecule has 23 heavy (non-hydrogen) atoms. The van der Waals surface area contributed by atoms with Gasteiger partial charge in [-0.2, -0.15) is 5.26 Å². The van der Waals surface area contributed by atoms with Crippen LogP contribution in [-0.2, 0) is 4.79 Å². The molecule has 0 fully saturated rings. The Labute approximate surface area is 142 Å². The first-order chi connectivity index (χ1) is 11.0. The monoisotopic (exact) mass is 349 g/mol. The molecule has 0 atom stereocenters. The van der Waals surface area contributed by atoms with E-state index in [9.17, 15) is 9.18 Å². The molecule has 2 N–H and O–H groups in total. The summed E-state index contributed by atoms with van der Waals surface area (Å²) in [5.41, 5.74) is 0.658. The Morgan fingerprint density at radius 3 is 2.52 bits per heavy atom. The first kappa shape index (κ1) is 16.8. The number of anilines is 2. The lowest BCUT2D eigenvalue weighted by Gasteiger charge is -2.07. The van der Waals surface area contributed by atoms with E-state index in [-0.39, 0.29) is 11.4 Å². The van der Waals surface area contributed by atoms with Crippen molar-refractivity contribution in [1.82, 2.24) is 0 Å². The maximum Gasteiger partial charge on any atom is 0.267 e. The van der Waals surface area contributed by atoms with Crippen LogP contribution in [0.25, 0.3) is 0 Å². The third-order valence-electron chi connectivity index (χ3n) is 2.77. The van der Waals surface area contributed by atoms with Crippen LogP contribution in [-0.4, -0.2) is 5.91 Å². The zero-order valence-corrected chi connectivity index (χ0v) is 13.1. The summed E-state index contributed by atoms with van der Waals surface area (Å²) in [4.78, 5) is 12.1. The van der Waals surface area contributed by atoms with Gasteiger partial charge in [-0.1, -0.05) is 23.2 Å². The van der Waals surface area contributed by atoms with Gasteiger partial charge in [-0.15, -0.1) is 0 Å². The number of carbonyl (C=O) groups is 1. The quantitative estimate of drug-likeness (QED) is 0.626. The van der Waals surface area contributed by atoms with E-state index in [0.29, 0.717) is 21.4 Å². The zero-order valence-electron chi connectivity index (χ0n) is 11.6. The van der Waals surface area contributed by atoms with E-state index >= 15 is 0 Å². The molecule has 2 aromatic carbocycles. The van der Waals surface area contributed by atoms with Crippen molar-refractivity contribution in [3.8, 4) is 6.07 Å². The molecule has 4 nitrogen and oxygen atoms in total. The first-order valence-corrected chi connectivity index (χ1v) is 7.14. The summed E-state index contributed by atoms with van der Waals surface area (Å²) in [7, 11) is 0. The molecule has 0 aliphatic rings. The Hall–Kier alpha value is -2.55. The number of hydrogen-bond acceptors (Lipinski definition) is 3. The summed E-state index contributed by atoms with van der Waals surface area (Å²) >= 11 is 11.8. The van der Waals surface area contributed by atoms with Crippen molar-refractivity contribution in [3.63, 3.8) is 0 Å². The summed E-state index contributed by atoms with van der Waals surface area (Å²) in [5.74, 6) is -1.03. The fraction of sp³-hybridized carbons (Fsp3) is 0. The van der Waals surface area contributed by atoms with Crippen LogP contribution in [0.5, 0.6) is 0 Å². The Morgan fingerprint density at radius 1 is 1.17 bits per heavy atom. The highest BCUT2D eigenvalue weighted by molar-refractivity contribution is 6.35. The first-order valence-electron chi connectivity index (χ1n) is 6.38. The number of nitriles is 1. The largest absolute Gasteiger partial charge is 0.360 e. The highest BCUT2D eigenvalue weighted by Gasteiger charge is 2.11. The van der Waals surface area contributed by atoms with Gasteiger partial charge in [0.25, 0.3) is 5.91 Å². The van der Waals surface area contributed by atoms with Crippen LogP contribution in [0.15, 0.2) is 54.2 Å². The van der Waals surface area contributed by atoms with Crippen molar-refractivity contribution in [1.29, 1.82) is 5.26 Å². The SMILES string of the molecule is N#C/C(=C/Nc1ccc(F)cc1)C(=O)Nc1cc(Cl)ccc1Cl. The van der Waals surface area contributed by atoms with Crippen LogP contribution < -0.4 is 10.6 Å². The van der Waals surface area contributed by atoms with E-state index in [2.05, 4.69) is 10.6 Å². The minimum absolute atomic E-state index is 0.176. The summed E-state index contributed by atoms with van der Waals surface area (Å²) in [6.45, 7) is 0. The Bertz CT molecular complexity index is 798. The molecule has 0 aromatic heterocycles. The second-order valence-corrected chi connectivity index (χ2v) is 5.24. The number of nitrogens with zero attached hydrogens (tertiary/aromatic N) is 1. The Kier molecular flexibility index (Phi) is 5.58. The summed E-state index contributed by atoms with van der Waals surface area (Å²) in [6.07, 6.45) is 1.22.